The van der Waals surface area contributed by atoms with E-state index in [4.69, 9.17) is 16.1 Å². The molecule has 2 aromatic heterocycles. The fourth-order valence-electron chi connectivity index (χ4n) is 2.82. The van der Waals surface area contributed by atoms with Crippen molar-refractivity contribution < 1.29 is 13.7 Å². The van der Waals surface area contributed by atoms with E-state index in [1.165, 1.54) is 18.2 Å². The predicted molar refractivity (Wildman–Crippen MR) is 112 cm³/mol. The number of carbonyl (C=O) groups is 1. The van der Waals surface area contributed by atoms with E-state index in [1.807, 2.05) is 6.92 Å². The molecule has 3 rings (SSSR count). The number of hydrogen-bond donors (Lipinski definition) is 1. The number of nitrogens with zero attached hydrogens (tertiary/aromatic N) is 4. The van der Waals surface area contributed by atoms with Gasteiger partial charge < -0.3 is 9.84 Å². The van der Waals surface area contributed by atoms with E-state index in [1.54, 1.807) is 29.8 Å². The number of amides is 1. The lowest BCUT2D eigenvalue weighted by Gasteiger charge is -2.06. The maximum atomic E-state index is 13.0. The summed E-state index contributed by atoms with van der Waals surface area (Å²) in [7, 11) is 0. The van der Waals surface area contributed by atoms with Gasteiger partial charge in [0.1, 0.15) is 17.0 Å². The number of aromatic nitrogens is 4. The smallest absolute Gasteiger partial charge is 0.249 e. The van der Waals surface area contributed by atoms with Gasteiger partial charge in [0.05, 0.1) is 5.69 Å². The van der Waals surface area contributed by atoms with Crippen molar-refractivity contribution in [1.29, 1.82) is 0 Å². The van der Waals surface area contributed by atoms with Crippen LogP contribution >= 0.6 is 11.6 Å². The lowest BCUT2D eigenvalue weighted by molar-refractivity contribution is -0.117. The van der Waals surface area contributed by atoms with Crippen molar-refractivity contribution in [2.45, 2.75) is 46.2 Å². The molecule has 1 amide bonds. The largest absolute Gasteiger partial charge is 0.341 e. The molecule has 3 aromatic rings. The van der Waals surface area contributed by atoms with Gasteiger partial charge in [0.15, 0.2) is 0 Å². The number of aryl methyl sites for hydroxylation is 2. The first-order valence-electron chi connectivity index (χ1n) is 9.70. The lowest BCUT2D eigenvalue weighted by Crippen LogP contribution is -2.24. The molecule has 0 spiro atoms. The van der Waals surface area contributed by atoms with E-state index < -0.39 is 6.04 Å². The number of hydrogen-bond acceptors (Lipinski definition) is 5. The van der Waals surface area contributed by atoms with Crippen molar-refractivity contribution in [1.82, 2.24) is 25.2 Å². The van der Waals surface area contributed by atoms with Crippen LogP contribution in [0.15, 0.2) is 34.9 Å². The molecule has 0 saturated heterocycles. The minimum Gasteiger partial charge on any atom is -0.341 e. The first kappa shape index (κ1) is 21.7. The minimum absolute atomic E-state index is 0.248. The Balaban J connectivity index is 1.64. The van der Waals surface area contributed by atoms with Crippen molar-refractivity contribution in [3.05, 3.63) is 58.5 Å². The number of unbranched alkanes of at least 4 members (excludes halogenated alkanes) is 1. The van der Waals surface area contributed by atoms with Gasteiger partial charge in [-0.2, -0.15) is 10.1 Å². The highest BCUT2D eigenvalue weighted by atomic mass is 35.5. The fourth-order valence-corrected chi connectivity index (χ4v) is 3.14. The van der Waals surface area contributed by atoms with Gasteiger partial charge in [0.2, 0.25) is 17.6 Å². The van der Waals surface area contributed by atoms with Gasteiger partial charge in [-0.15, -0.1) is 0 Å². The van der Waals surface area contributed by atoms with Crippen LogP contribution in [0.2, 0.25) is 5.15 Å². The molecule has 0 aliphatic rings. The van der Waals surface area contributed by atoms with Crippen LogP contribution in [0.4, 0.5) is 4.39 Å². The molecule has 0 fully saturated rings. The number of benzene rings is 1. The van der Waals surface area contributed by atoms with Gasteiger partial charge in [-0.1, -0.05) is 30.1 Å². The van der Waals surface area contributed by atoms with Crippen LogP contribution in [0.25, 0.3) is 17.5 Å². The van der Waals surface area contributed by atoms with E-state index >= 15 is 0 Å². The molecule has 0 saturated carbocycles. The first-order chi connectivity index (χ1) is 14.4. The van der Waals surface area contributed by atoms with Gasteiger partial charge in [-0.05, 0) is 50.6 Å². The zero-order valence-corrected chi connectivity index (χ0v) is 17.8. The van der Waals surface area contributed by atoms with Crippen LogP contribution in [0.1, 0.15) is 49.9 Å². The van der Waals surface area contributed by atoms with Crippen LogP contribution in [0.3, 0.4) is 0 Å². The summed E-state index contributed by atoms with van der Waals surface area (Å²) in [6.07, 6.45) is 5.06. The van der Waals surface area contributed by atoms with Crippen LogP contribution in [0, 0.1) is 12.7 Å². The van der Waals surface area contributed by atoms with Crippen LogP contribution in [-0.4, -0.2) is 25.8 Å². The van der Waals surface area contributed by atoms with Crippen LogP contribution in [0.5, 0.6) is 0 Å². The van der Waals surface area contributed by atoms with Gasteiger partial charge >= 0.3 is 0 Å². The second-order valence-corrected chi connectivity index (χ2v) is 7.25. The SMILES string of the molecule is CCCCn1nc(C)c(/C=C/C(=O)NC(C)c2nc(-c3ccc(F)cc3)no2)c1Cl. The van der Waals surface area contributed by atoms with E-state index in [2.05, 4.69) is 27.5 Å². The van der Waals surface area contributed by atoms with Gasteiger partial charge in [-0.25, -0.2) is 4.39 Å². The third-order valence-corrected chi connectivity index (χ3v) is 4.91. The molecule has 0 bridgehead atoms. The molecule has 30 heavy (non-hydrogen) atoms. The molecule has 1 unspecified atom stereocenters. The van der Waals surface area contributed by atoms with Gasteiger partial charge in [0, 0.05) is 23.7 Å². The molecule has 7 nitrogen and oxygen atoms in total. The Morgan fingerprint density at radius 3 is 2.80 bits per heavy atom. The van der Waals surface area contributed by atoms with Crippen molar-refractivity contribution in [2.24, 2.45) is 0 Å². The zero-order chi connectivity index (χ0) is 21.7. The summed E-state index contributed by atoms with van der Waals surface area (Å²) in [6, 6.07) is 5.25. The summed E-state index contributed by atoms with van der Waals surface area (Å²) < 4.78 is 20.0. The summed E-state index contributed by atoms with van der Waals surface area (Å²) >= 11 is 6.38. The molecule has 1 aromatic carbocycles. The predicted octanol–water partition coefficient (Wildman–Crippen LogP) is 4.72. The minimum atomic E-state index is -0.507. The molecule has 1 atom stereocenters. The number of carbonyl (C=O) groups excluding carboxylic acids is 1. The monoisotopic (exact) mass is 431 g/mol. The third kappa shape index (κ3) is 5.13. The highest BCUT2D eigenvalue weighted by Gasteiger charge is 2.17. The van der Waals surface area contributed by atoms with E-state index in [0.29, 0.717) is 22.1 Å². The standard InChI is InChI=1S/C21H23ClFN5O2/c1-4-5-12-28-19(22)17(13(2)26-28)10-11-18(29)24-14(3)21-25-20(27-30-21)15-6-8-16(23)9-7-15/h6-11,14H,4-5,12H2,1-3H3,(H,24,29)/b11-10+. The summed E-state index contributed by atoms with van der Waals surface area (Å²) in [5.74, 6) is -0.108. The van der Waals surface area contributed by atoms with Gasteiger partial charge in [-0.3, -0.25) is 9.48 Å². The molecule has 9 heteroatoms. The third-order valence-electron chi connectivity index (χ3n) is 4.51. The summed E-state index contributed by atoms with van der Waals surface area (Å²) in [6.45, 7) is 6.42. The van der Waals surface area contributed by atoms with E-state index in [-0.39, 0.29) is 17.6 Å². The Morgan fingerprint density at radius 1 is 1.37 bits per heavy atom. The maximum Gasteiger partial charge on any atom is 0.249 e. The molecule has 0 aliphatic heterocycles. The summed E-state index contributed by atoms with van der Waals surface area (Å²) in [5.41, 5.74) is 2.09. The number of halogens is 2. The maximum absolute atomic E-state index is 13.0. The van der Waals surface area contributed by atoms with Crippen LogP contribution in [-0.2, 0) is 11.3 Å². The van der Waals surface area contributed by atoms with Crippen molar-refractivity contribution in [2.75, 3.05) is 0 Å². The summed E-state index contributed by atoms with van der Waals surface area (Å²) in [5, 5.41) is 11.6. The lowest BCUT2D eigenvalue weighted by atomic mass is 10.2. The Labute approximate surface area is 178 Å². The zero-order valence-electron chi connectivity index (χ0n) is 17.0. The normalized spacial score (nSPS) is 12.4. The second-order valence-electron chi connectivity index (χ2n) is 6.89. The molecule has 2 heterocycles. The first-order valence-corrected chi connectivity index (χ1v) is 10.1. The molecular weight excluding hydrogens is 409 g/mol. The summed E-state index contributed by atoms with van der Waals surface area (Å²) in [4.78, 5) is 16.6. The van der Waals surface area contributed by atoms with Crippen molar-refractivity contribution in [3.63, 3.8) is 0 Å². The highest BCUT2D eigenvalue weighted by molar-refractivity contribution is 6.31. The fraction of sp³-hybridized carbons (Fsp3) is 0.333. The molecule has 0 aliphatic carbocycles. The van der Waals surface area contributed by atoms with Gasteiger partial charge in [0.25, 0.3) is 0 Å². The number of nitrogens with one attached hydrogen (secondary N) is 1. The molecule has 1 N–H and O–H groups in total. The average molecular weight is 432 g/mol. The average Bonchev–Trinajstić information content (AvgIpc) is 3.31. The number of rotatable bonds is 8. The second kappa shape index (κ2) is 9.67. The molecule has 0 radical (unpaired) electrons. The Bertz CT molecular complexity index is 1040. The van der Waals surface area contributed by atoms with Crippen molar-refractivity contribution in [3.8, 4) is 11.4 Å². The Hall–Kier alpha value is -3.00. The Morgan fingerprint density at radius 2 is 2.10 bits per heavy atom. The van der Waals surface area contributed by atoms with E-state index in [9.17, 15) is 9.18 Å². The molecular formula is C21H23ClFN5O2. The topological polar surface area (TPSA) is 85.8 Å². The Kier molecular flexibility index (Phi) is 6.99. The molecule has 158 valence electrons. The van der Waals surface area contributed by atoms with Crippen LogP contribution < -0.4 is 5.32 Å². The van der Waals surface area contributed by atoms with E-state index in [0.717, 1.165) is 25.1 Å². The van der Waals surface area contributed by atoms with Crippen molar-refractivity contribution >= 4 is 23.6 Å². The highest BCUT2D eigenvalue weighted by Crippen LogP contribution is 2.22. The quantitative estimate of drug-likeness (QED) is 0.521.